The summed E-state index contributed by atoms with van der Waals surface area (Å²) in [5.74, 6) is -4.09. The van der Waals surface area contributed by atoms with Crippen LogP contribution in [0.25, 0.3) is 27.7 Å². The molecule has 12 heteroatoms. The Morgan fingerprint density at radius 2 is 1.91 bits per heavy atom. The van der Waals surface area contributed by atoms with Gasteiger partial charge < -0.3 is 14.9 Å². The van der Waals surface area contributed by atoms with Crippen molar-refractivity contribution in [2.45, 2.75) is 50.6 Å². The Hall–Kier alpha value is -4.32. The van der Waals surface area contributed by atoms with Crippen LogP contribution in [0, 0.1) is 24.4 Å². The molecule has 2 aliphatic heterocycles. The van der Waals surface area contributed by atoms with Crippen molar-refractivity contribution in [3.63, 3.8) is 0 Å². The average Bonchev–Trinajstić information content (AvgIpc) is 3.14. The molecule has 1 saturated heterocycles. The van der Waals surface area contributed by atoms with Crippen molar-refractivity contribution in [1.29, 1.82) is 0 Å². The number of thioether (sulfide) groups is 1. The number of halogens is 3. The van der Waals surface area contributed by atoms with Gasteiger partial charge in [0.15, 0.2) is 5.82 Å². The summed E-state index contributed by atoms with van der Waals surface area (Å²) in [6, 6.07) is 4.28. The zero-order chi connectivity index (χ0) is 31.6. The lowest BCUT2D eigenvalue weighted by atomic mass is 9.98. The highest BCUT2D eigenvalue weighted by atomic mass is 32.2. The van der Waals surface area contributed by atoms with E-state index in [1.165, 1.54) is 12.1 Å². The van der Waals surface area contributed by atoms with Crippen LogP contribution in [-0.2, 0) is 4.79 Å². The lowest BCUT2D eigenvalue weighted by molar-refractivity contribution is -0.127. The molecule has 6 rings (SSSR count). The molecule has 2 aromatic heterocycles. The van der Waals surface area contributed by atoms with Crippen molar-refractivity contribution in [3.05, 3.63) is 82.3 Å². The van der Waals surface area contributed by atoms with E-state index in [1.807, 2.05) is 25.7 Å². The SMILES string of the molecule is C=CC(=O)N1CC(C)N2c3nc(=O)n(-c4c(C)ccnc4C(C)C)c4c(F)c(-c5c(O)cccc5F)c(F)c(c34)SCC2C1. The van der Waals surface area contributed by atoms with Crippen LogP contribution in [0.4, 0.5) is 19.0 Å². The second-order valence-electron chi connectivity index (χ2n) is 11.4. The van der Waals surface area contributed by atoms with E-state index in [0.717, 1.165) is 28.5 Å². The highest BCUT2D eigenvalue weighted by molar-refractivity contribution is 7.99. The van der Waals surface area contributed by atoms with Crippen LogP contribution in [0.2, 0.25) is 0 Å². The number of aromatic hydroxyl groups is 1. The summed E-state index contributed by atoms with van der Waals surface area (Å²) in [7, 11) is 0. The molecule has 8 nitrogen and oxygen atoms in total. The van der Waals surface area contributed by atoms with Crippen LogP contribution in [0.1, 0.15) is 37.9 Å². The first-order valence-corrected chi connectivity index (χ1v) is 15.2. The molecule has 0 saturated carbocycles. The average molecular weight is 622 g/mol. The van der Waals surface area contributed by atoms with Gasteiger partial charge in [0, 0.05) is 31.1 Å². The Bertz CT molecular complexity index is 1910. The first kappa shape index (κ1) is 29.7. The number of aryl methyl sites for hydroxylation is 1. The normalized spacial score (nSPS) is 18.0. The number of fused-ring (bicyclic) bond motifs is 2. The number of hydrogen-bond acceptors (Lipinski definition) is 7. The van der Waals surface area contributed by atoms with E-state index in [1.54, 1.807) is 24.1 Å². The van der Waals surface area contributed by atoms with Crippen molar-refractivity contribution in [3.8, 4) is 22.6 Å². The van der Waals surface area contributed by atoms with Crippen LogP contribution in [0.15, 0.2) is 52.8 Å². The number of anilines is 1. The Kier molecular flexibility index (Phi) is 7.43. The van der Waals surface area contributed by atoms with Crippen molar-refractivity contribution in [2.75, 3.05) is 23.7 Å². The van der Waals surface area contributed by atoms with Gasteiger partial charge in [0.25, 0.3) is 0 Å². The van der Waals surface area contributed by atoms with Crippen molar-refractivity contribution in [2.24, 2.45) is 0 Å². The van der Waals surface area contributed by atoms with Gasteiger partial charge in [-0.3, -0.25) is 14.3 Å². The van der Waals surface area contributed by atoms with Crippen molar-refractivity contribution < 1.29 is 23.1 Å². The molecule has 1 N–H and O–H groups in total. The molecule has 2 unspecified atom stereocenters. The van der Waals surface area contributed by atoms with Crippen LogP contribution in [0.5, 0.6) is 5.75 Å². The van der Waals surface area contributed by atoms with Crippen LogP contribution < -0.4 is 10.6 Å². The largest absolute Gasteiger partial charge is 0.507 e. The van der Waals surface area contributed by atoms with Crippen molar-refractivity contribution in [1.82, 2.24) is 19.4 Å². The number of piperazine rings is 1. The number of pyridine rings is 1. The fraction of sp³-hybridized carbons (Fsp3) is 0.312. The summed E-state index contributed by atoms with van der Waals surface area (Å²) in [5.41, 5.74) is -1.16. The molecule has 1 amide bonds. The number of carbonyl (C=O) groups is 1. The Morgan fingerprint density at radius 1 is 1.16 bits per heavy atom. The predicted molar refractivity (Wildman–Crippen MR) is 164 cm³/mol. The molecule has 2 aromatic carbocycles. The molecule has 0 spiro atoms. The van der Waals surface area contributed by atoms with Crippen molar-refractivity contribution >= 4 is 34.4 Å². The first-order chi connectivity index (χ1) is 21.0. The fourth-order valence-corrected chi connectivity index (χ4v) is 7.53. The van der Waals surface area contributed by atoms with Gasteiger partial charge in [0.1, 0.15) is 23.2 Å². The lowest BCUT2D eigenvalue weighted by Crippen LogP contribution is -2.60. The van der Waals surface area contributed by atoms with Gasteiger partial charge in [-0.1, -0.05) is 26.5 Å². The predicted octanol–water partition coefficient (Wildman–Crippen LogP) is 5.70. The van der Waals surface area contributed by atoms with Crippen LogP contribution in [-0.4, -0.2) is 61.4 Å². The fourth-order valence-electron chi connectivity index (χ4n) is 6.35. The number of phenols is 1. The van der Waals surface area contributed by atoms with Gasteiger partial charge in [0.05, 0.1) is 44.3 Å². The van der Waals surface area contributed by atoms with E-state index < -0.39 is 46.1 Å². The molecule has 0 bridgehead atoms. The summed E-state index contributed by atoms with van der Waals surface area (Å²) in [5, 5.41) is 10.7. The molecule has 228 valence electrons. The summed E-state index contributed by atoms with van der Waals surface area (Å²) in [6.07, 6.45) is 2.82. The maximum absolute atomic E-state index is 17.1. The molecule has 0 radical (unpaired) electrons. The Balaban J connectivity index is 1.78. The quantitative estimate of drug-likeness (QED) is 0.293. The van der Waals surface area contributed by atoms with E-state index in [2.05, 4.69) is 16.5 Å². The second kappa shape index (κ2) is 11.0. The number of amides is 1. The van der Waals surface area contributed by atoms with E-state index in [9.17, 15) is 14.7 Å². The monoisotopic (exact) mass is 621 g/mol. The third kappa shape index (κ3) is 4.45. The maximum atomic E-state index is 17.1. The number of hydrogen-bond donors (Lipinski definition) is 1. The highest BCUT2D eigenvalue weighted by Crippen LogP contribution is 2.48. The van der Waals surface area contributed by atoms with Crippen LogP contribution >= 0.6 is 11.8 Å². The summed E-state index contributed by atoms with van der Waals surface area (Å²) in [6.45, 7) is 11.5. The Morgan fingerprint density at radius 3 is 2.59 bits per heavy atom. The summed E-state index contributed by atoms with van der Waals surface area (Å²) in [4.78, 5) is 39.1. The van der Waals surface area contributed by atoms with E-state index >= 15 is 13.2 Å². The van der Waals surface area contributed by atoms with Crippen LogP contribution in [0.3, 0.4) is 0 Å². The summed E-state index contributed by atoms with van der Waals surface area (Å²) < 4.78 is 50.2. The topological polar surface area (TPSA) is 91.6 Å². The number of phenolic OH excluding ortho intramolecular Hbond substituents is 1. The number of benzene rings is 2. The van der Waals surface area contributed by atoms with Gasteiger partial charge >= 0.3 is 5.69 Å². The van der Waals surface area contributed by atoms with Gasteiger partial charge in [-0.25, -0.2) is 18.0 Å². The number of rotatable bonds is 4. The van der Waals surface area contributed by atoms with Gasteiger partial charge in [-0.2, -0.15) is 4.98 Å². The molecule has 4 heterocycles. The molecular weight excluding hydrogens is 591 g/mol. The first-order valence-electron chi connectivity index (χ1n) is 14.2. The summed E-state index contributed by atoms with van der Waals surface area (Å²) >= 11 is 1.07. The molecule has 2 aliphatic rings. The third-order valence-electron chi connectivity index (χ3n) is 8.25. The van der Waals surface area contributed by atoms with E-state index in [-0.39, 0.29) is 58.3 Å². The number of carbonyl (C=O) groups excluding carboxylic acids is 1. The molecule has 44 heavy (non-hydrogen) atoms. The minimum Gasteiger partial charge on any atom is -0.507 e. The zero-order valence-corrected chi connectivity index (χ0v) is 25.4. The van der Waals surface area contributed by atoms with E-state index in [4.69, 9.17) is 0 Å². The molecule has 4 aromatic rings. The smallest absolute Gasteiger partial charge is 0.354 e. The second-order valence-corrected chi connectivity index (χ2v) is 12.5. The maximum Gasteiger partial charge on any atom is 0.354 e. The minimum absolute atomic E-state index is 0.0360. The van der Waals surface area contributed by atoms with E-state index in [0.29, 0.717) is 16.9 Å². The standard InChI is InChI=1S/C32H30F3N5O3S/c1-6-21(42)38-12-17(5)39-18(13-38)14-44-30-24-29(25(34)23(26(30)35)22-19(33)8-7-9-20(22)41)40(32(43)37-31(24)39)28-16(4)10-11-36-27(28)15(2)3/h6-11,15,17-18,41H,1,12-14H2,2-5H3. The lowest BCUT2D eigenvalue weighted by Gasteiger charge is -2.45. The van der Waals surface area contributed by atoms with Gasteiger partial charge in [0.2, 0.25) is 5.91 Å². The third-order valence-corrected chi connectivity index (χ3v) is 9.47. The molecule has 0 aliphatic carbocycles. The molecule has 1 fully saturated rings. The zero-order valence-electron chi connectivity index (χ0n) is 24.6. The van der Waals surface area contributed by atoms with Gasteiger partial charge in [-0.15, -0.1) is 11.8 Å². The molecular formula is C32H30F3N5O3S. The number of aromatic nitrogens is 3. The number of nitrogens with zero attached hydrogens (tertiary/aromatic N) is 5. The van der Waals surface area contributed by atoms with Gasteiger partial charge in [-0.05, 0) is 49.6 Å². The highest BCUT2D eigenvalue weighted by Gasteiger charge is 2.41. The molecule has 2 atom stereocenters. The Labute approximate surface area is 255 Å². The minimum atomic E-state index is -1.22.